The first kappa shape index (κ1) is 14.0. The SMILES string of the molecule is CC(C)(C)OC(=O)N1C2C=C(c3cnccn3)CC1CC2. The largest absolute Gasteiger partial charge is 0.444 e. The average molecular weight is 287 g/mol. The molecule has 2 unspecified atom stereocenters. The highest BCUT2D eigenvalue weighted by Gasteiger charge is 2.41. The zero-order valence-corrected chi connectivity index (χ0v) is 12.7. The van der Waals surface area contributed by atoms with Crippen LogP contribution in [0, 0.1) is 0 Å². The molecule has 2 atom stereocenters. The number of amides is 1. The Kier molecular flexibility index (Phi) is 3.43. The summed E-state index contributed by atoms with van der Waals surface area (Å²) in [4.78, 5) is 22.7. The lowest BCUT2D eigenvalue weighted by Crippen LogP contribution is -2.45. The minimum absolute atomic E-state index is 0.121. The molecule has 0 saturated carbocycles. The first-order chi connectivity index (χ1) is 9.94. The Morgan fingerprint density at radius 1 is 1.33 bits per heavy atom. The fourth-order valence-corrected chi connectivity index (χ4v) is 3.08. The standard InChI is InChI=1S/C16H21N3O2/c1-16(2,3)21-15(20)19-12-4-5-13(19)9-11(8-12)14-10-17-6-7-18-14/h6-8,10,12-13H,4-5,9H2,1-3H3. The molecule has 112 valence electrons. The van der Waals surface area contributed by atoms with Gasteiger partial charge < -0.3 is 4.74 Å². The molecule has 2 aliphatic heterocycles. The van der Waals surface area contributed by atoms with Crippen LogP contribution in [-0.2, 0) is 4.74 Å². The van der Waals surface area contributed by atoms with Gasteiger partial charge in [-0.25, -0.2) is 4.79 Å². The lowest BCUT2D eigenvalue weighted by atomic mass is 9.99. The van der Waals surface area contributed by atoms with Gasteiger partial charge in [-0.3, -0.25) is 14.9 Å². The van der Waals surface area contributed by atoms with Crippen molar-refractivity contribution in [3.05, 3.63) is 30.4 Å². The molecular weight excluding hydrogens is 266 g/mol. The van der Waals surface area contributed by atoms with E-state index < -0.39 is 5.60 Å². The normalized spacial score (nSPS) is 24.7. The summed E-state index contributed by atoms with van der Waals surface area (Å²) in [6.07, 6.45) is 9.95. The summed E-state index contributed by atoms with van der Waals surface area (Å²) >= 11 is 0. The topological polar surface area (TPSA) is 55.3 Å². The van der Waals surface area contributed by atoms with Crippen LogP contribution in [0.4, 0.5) is 4.79 Å². The van der Waals surface area contributed by atoms with Crippen LogP contribution >= 0.6 is 0 Å². The van der Waals surface area contributed by atoms with Crippen LogP contribution in [0.15, 0.2) is 24.7 Å². The summed E-state index contributed by atoms with van der Waals surface area (Å²) in [5.41, 5.74) is 1.65. The Morgan fingerprint density at radius 3 is 2.76 bits per heavy atom. The monoisotopic (exact) mass is 287 g/mol. The van der Waals surface area contributed by atoms with Gasteiger partial charge in [0.25, 0.3) is 0 Å². The summed E-state index contributed by atoms with van der Waals surface area (Å²) in [5, 5.41) is 0. The number of hydrogen-bond donors (Lipinski definition) is 0. The number of aromatic nitrogens is 2. The predicted molar refractivity (Wildman–Crippen MR) is 79.5 cm³/mol. The fourth-order valence-electron chi connectivity index (χ4n) is 3.08. The first-order valence-electron chi connectivity index (χ1n) is 7.42. The van der Waals surface area contributed by atoms with Crippen molar-refractivity contribution in [2.24, 2.45) is 0 Å². The lowest BCUT2D eigenvalue weighted by molar-refractivity contribution is 0.0175. The number of carbonyl (C=O) groups is 1. The van der Waals surface area contributed by atoms with Crippen LogP contribution in [0.3, 0.4) is 0 Å². The maximum Gasteiger partial charge on any atom is 0.411 e. The molecule has 5 heteroatoms. The van der Waals surface area contributed by atoms with E-state index in [1.54, 1.807) is 18.6 Å². The van der Waals surface area contributed by atoms with Gasteiger partial charge in [0.2, 0.25) is 0 Å². The number of hydrogen-bond acceptors (Lipinski definition) is 4. The Balaban J connectivity index is 1.80. The second-order valence-corrected chi connectivity index (χ2v) is 6.67. The summed E-state index contributed by atoms with van der Waals surface area (Å²) in [7, 11) is 0. The van der Waals surface area contributed by atoms with Crippen molar-refractivity contribution in [2.45, 2.75) is 57.7 Å². The minimum Gasteiger partial charge on any atom is -0.444 e. The molecule has 0 radical (unpaired) electrons. The fraction of sp³-hybridized carbons (Fsp3) is 0.562. The van der Waals surface area contributed by atoms with Crippen LogP contribution in [0.25, 0.3) is 5.57 Å². The Labute approximate surface area is 125 Å². The molecule has 1 aromatic heterocycles. The van der Waals surface area contributed by atoms with Gasteiger partial charge in [0.15, 0.2) is 0 Å². The molecule has 3 heterocycles. The van der Waals surface area contributed by atoms with Crippen molar-refractivity contribution in [3.63, 3.8) is 0 Å². The summed E-state index contributed by atoms with van der Waals surface area (Å²) in [5.74, 6) is 0. The number of ether oxygens (including phenoxy) is 1. The van der Waals surface area contributed by atoms with E-state index in [2.05, 4.69) is 16.0 Å². The quantitative estimate of drug-likeness (QED) is 0.796. The molecule has 1 amide bonds. The minimum atomic E-state index is -0.453. The number of fused-ring (bicyclic) bond motifs is 2. The summed E-state index contributed by atoms with van der Waals surface area (Å²) < 4.78 is 5.53. The molecule has 0 N–H and O–H groups in total. The number of carbonyl (C=O) groups excluding carboxylic acids is 1. The van der Waals surface area contributed by atoms with Crippen molar-refractivity contribution in [2.75, 3.05) is 0 Å². The van der Waals surface area contributed by atoms with Crippen LogP contribution < -0.4 is 0 Å². The molecule has 3 rings (SSSR count). The zero-order valence-electron chi connectivity index (χ0n) is 12.7. The summed E-state index contributed by atoms with van der Waals surface area (Å²) in [6.45, 7) is 5.70. The highest BCUT2D eigenvalue weighted by atomic mass is 16.6. The van der Waals surface area contributed by atoms with E-state index in [1.807, 2.05) is 25.7 Å². The van der Waals surface area contributed by atoms with Crippen molar-refractivity contribution in [3.8, 4) is 0 Å². The van der Waals surface area contributed by atoms with Crippen molar-refractivity contribution >= 4 is 11.7 Å². The maximum atomic E-state index is 12.4. The molecule has 2 bridgehead atoms. The highest BCUT2D eigenvalue weighted by molar-refractivity contribution is 5.74. The molecule has 1 saturated heterocycles. The molecular formula is C16H21N3O2. The van der Waals surface area contributed by atoms with Crippen molar-refractivity contribution < 1.29 is 9.53 Å². The maximum absolute atomic E-state index is 12.4. The second kappa shape index (κ2) is 5.13. The third-order valence-electron chi connectivity index (χ3n) is 3.89. The van der Waals surface area contributed by atoms with Gasteiger partial charge in [-0.05, 0) is 45.6 Å². The lowest BCUT2D eigenvalue weighted by Gasteiger charge is -2.35. The Bertz CT molecular complexity index is 563. The van der Waals surface area contributed by atoms with Gasteiger partial charge in [0.05, 0.1) is 17.9 Å². The van der Waals surface area contributed by atoms with Gasteiger partial charge >= 0.3 is 6.09 Å². The van der Waals surface area contributed by atoms with Gasteiger partial charge in [-0.15, -0.1) is 0 Å². The van der Waals surface area contributed by atoms with Crippen LogP contribution in [0.1, 0.15) is 45.7 Å². The van der Waals surface area contributed by atoms with Crippen LogP contribution in [-0.4, -0.2) is 38.6 Å². The summed E-state index contributed by atoms with van der Waals surface area (Å²) in [6, 6.07) is 0.336. The van der Waals surface area contributed by atoms with E-state index in [0.717, 1.165) is 25.0 Å². The van der Waals surface area contributed by atoms with Crippen molar-refractivity contribution in [1.82, 2.24) is 14.9 Å². The molecule has 1 fully saturated rings. The Morgan fingerprint density at radius 2 is 2.14 bits per heavy atom. The Hall–Kier alpha value is -1.91. The third kappa shape index (κ3) is 2.91. The van der Waals surface area contributed by atoms with Crippen LogP contribution in [0.2, 0.25) is 0 Å². The van der Waals surface area contributed by atoms with E-state index >= 15 is 0 Å². The molecule has 5 nitrogen and oxygen atoms in total. The highest BCUT2D eigenvalue weighted by Crippen LogP contribution is 2.38. The first-order valence-corrected chi connectivity index (χ1v) is 7.42. The van der Waals surface area contributed by atoms with E-state index in [4.69, 9.17) is 4.74 Å². The second-order valence-electron chi connectivity index (χ2n) is 6.67. The zero-order chi connectivity index (χ0) is 15.0. The van der Waals surface area contributed by atoms with Gasteiger partial charge in [0, 0.05) is 18.4 Å². The molecule has 1 aromatic rings. The van der Waals surface area contributed by atoms with Gasteiger partial charge in [0.1, 0.15) is 5.60 Å². The molecule has 0 aliphatic carbocycles. The van der Waals surface area contributed by atoms with E-state index in [9.17, 15) is 4.79 Å². The number of nitrogens with zero attached hydrogens (tertiary/aromatic N) is 3. The van der Waals surface area contributed by atoms with Crippen molar-refractivity contribution in [1.29, 1.82) is 0 Å². The average Bonchev–Trinajstić information content (AvgIpc) is 2.69. The van der Waals surface area contributed by atoms with Gasteiger partial charge in [-0.2, -0.15) is 0 Å². The number of rotatable bonds is 1. The molecule has 0 spiro atoms. The van der Waals surface area contributed by atoms with Crippen LogP contribution in [0.5, 0.6) is 0 Å². The molecule has 0 aromatic carbocycles. The smallest absolute Gasteiger partial charge is 0.411 e. The molecule has 21 heavy (non-hydrogen) atoms. The van der Waals surface area contributed by atoms with E-state index in [1.165, 1.54) is 5.57 Å². The predicted octanol–water partition coefficient (Wildman–Crippen LogP) is 3.03. The third-order valence-corrected chi connectivity index (χ3v) is 3.89. The van der Waals surface area contributed by atoms with Gasteiger partial charge in [-0.1, -0.05) is 6.08 Å². The van der Waals surface area contributed by atoms with E-state index in [-0.39, 0.29) is 18.2 Å². The van der Waals surface area contributed by atoms with E-state index in [0.29, 0.717) is 0 Å². The molecule has 2 aliphatic rings.